The Labute approximate surface area is 145 Å². The second kappa shape index (κ2) is 8.32. The van der Waals surface area contributed by atoms with Gasteiger partial charge in [0.05, 0.1) is 0 Å². The molecule has 2 N–H and O–H groups in total. The first-order chi connectivity index (χ1) is 11.4. The van der Waals surface area contributed by atoms with Crippen LogP contribution in [-0.4, -0.2) is 23.9 Å². The SMILES string of the molecule is CC(C)C(NC(=O)c1ccccc1)C(=O)NC1CCCC(C)C1C. The van der Waals surface area contributed by atoms with Gasteiger partial charge in [0.25, 0.3) is 5.91 Å². The van der Waals surface area contributed by atoms with Crippen LogP contribution in [0.3, 0.4) is 0 Å². The topological polar surface area (TPSA) is 58.2 Å². The summed E-state index contributed by atoms with van der Waals surface area (Å²) < 4.78 is 0. The molecule has 4 heteroatoms. The third-order valence-electron chi connectivity index (χ3n) is 5.31. The summed E-state index contributed by atoms with van der Waals surface area (Å²) in [6.45, 7) is 8.38. The molecule has 0 radical (unpaired) electrons. The predicted octanol–water partition coefficient (Wildman–Crippen LogP) is 3.38. The normalized spacial score (nSPS) is 25.1. The standard InChI is InChI=1S/C20H30N2O2/c1-13(2)18(22-19(23)16-10-6-5-7-11-16)20(24)21-17-12-8-9-14(3)15(17)4/h5-7,10-11,13-15,17-18H,8-9,12H2,1-4H3,(H,21,24)(H,22,23). The van der Waals surface area contributed by atoms with E-state index in [4.69, 9.17) is 0 Å². The molecule has 2 rings (SSSR count). The Balaban J connectivity index is 2.01. The van der Waals surface area contributed by atoms with Gasteiger partial charge < -0.3 is 10.6 Å². The summed E-state index contributed by atoms with van der Waals surface area (Å²) in [7, 11) is 0. The Hall–Kier alpha value is -1.84. The summed E-state index contributed by atoms with van der Waals surface area (Å²) in [5, 5.41) is 6.08. The van der Waals surface area contributed by atoms with Gasteiger partial charge in [0.2, 0.25) is 5.91 Å². The number of hydrogen-bond acceptors (Lipinski definition) is 2. The number of rotatable bonds is 5. The van der Waals surface area contributed by atoms with E-state index < -0.39 is 6.04 Å². The highest BCUT2D eigenvalue weighted by molar-refractivity contribution is 5.97. The first kappa shape index (κ1) is 18.5. The largest absolute Gasteiger partial charge is 0.351 e. The first-order valence-electron chi connectivity index (χ1n) is 9.06. The maximum atomic E-state index is 12.7. The van der Waals surface area contributed by atoms with Crippen LogP contribution in [0.1, 0.15) is 57.3 Å². The van der Waals surface area contributed by atoms with E-state index in [1.165, 1.54) is 6.42 Å². The van der Waals surface area contributed by atoms with E-state index in [0.717, 1.165) is 12.8 Å². The fraction of sp³-hybridized carbons (Fsp3) is 0.600. The average molecular weight is 330 g/mol. The Bertz CT molecular complexity index is 556. The summed E-state index contributed by atoms with van der Waals surface area (Å²) in [6, 6.07) is 8.73. The molecule has 0 heterocycles. The minimum atomic E-state index is -0.512. The molecule has 1 aromatic carbocycles. The van der Waals surface area contributed by atoms with E-state index in [2.05, 4.69) is 24.5 Å². The molecule has 1 aromatic rings. The smallest absolute Gasteiger partial charge is 0.251 e. The van der Waals surface area contributed by atoms with Crippen molar-refractivity contribution in [3.05, 3.63) is 35.9 Å². The summed E-state index contributed by atoms with van der Waals surface area (Å²) in [5.41, 5.74) is 0.579. The van der Waals surface area contributed by atoms with Crippen molar-refractivity contribution in [1.82, 2.24) is 10.6 Å². The van der Waals surface area contributed by atoms with E-state index in [0.29, 0.717) is 17.4 Å². The summed E-state index contributed by atoms with van der Waals surface area (Å²) in [6.07, 6.45) is 3.40. The maximum Gasteiger partial charge on any atom is 0.251 e. The molecule has 0 aromatic heterocycles. The van der Waals surface area contributed by atoms with E-state index >= 15 is 0 Å². The van der Waals surface area contributed by atoms with Crippen molar-refractivity contribution < 1.29 is 9.59 Å². The third kappa shape index (κ3) is 4.59. The molecule has 0 aliphatic heterocycles. The molecule has 1 fully saturated rings. The molecule has 1 aliphatic rings. The van der Waals surface area contributed by atoms with Gasteiger partial charge in [-0.2, -0.15) is 0 Å². The van der Waals surface area contributed by atoms with Gasteiger partial charge in [-0.15, -0.1) is 0 Å². The zero-order chi connectivity index (χ0) is 17.7. The Morgan fingerprint density at radius 3 is 2.38 bits per heavy atom. The summed E-state index contributed by atoms with van der Waals surface area (Å²) in [5.74, 6) is 0.865. The molecule has 4 unspecified atom stereocenters. The van der Waals surface area contributed by atoms with Gasteiger partial charge in [-0.1, -0.05) is 58.7 Å². The highest BCUT2D eigenvalue weighted by atomic mass is 16.2. The highest BCUT2D eigenvalue weighted by Crippen LogP contribution is 2.29. The van der Waals surface area contributed by atoms with Crippen molar-refractivity contribution in [2.24, 2.45) is 17.8 Å². The Morgan fingerprint density at radius 1 is 1.08 bits per heavy atom. The van der Waals surface area contributed by atoms with Crippen molar-refractivity contribution in [3.63, 3.8) is 0 Å². The third-order valence-corrected chi connectivity index (χ3v) is 5.31. The van der Waals surface area contributed by atoms with Crippen LogP contribution in [0, 0.1) is 17.8 Å². The van der Waals surface area contributed by atoms with Gasteiger partial charge in [0, 0.05) is 11.6 Å². The minimum Gasteiger partial charge on any atom is -0.351 e. The fourth-order valence-corrected chi connectivity index (χ4v) is 3.41. The first-order valence-corrected chi connectivity index (χ1v) is 9.06. The molecule has 132 valence electrons. The van der Waals surface area contributed by atoms with Crippen molar-refractivity contribution in [2.75, 3.05) is 0 Å². The van der Waals surface area contributed by atoms with Crippen molar-refractivity contribution in [2.45, 2.75) is 59.0 Å². The van der Waals surface area contributed by atoms with Gasteiger partial charge in [-0.25, -0.2) is 0 Å². The second-order valence-corrected chi connectivity index (χ2v) is 7.44. The van der Waals surface area contributed by atoms with E-state index in [9.17, 15) is 9.59 Å². The zero-order valence-corrected chi connectivity index (χ0v) is 15.2. The molecule has 0 spiro atoms. The number of hydrogen-bond donors (Lipinski definition) is 2. The molecule has 1 saturated carbocycles. The Kier molecular flexibility index (Phi) is 6.41. The molecule has 24 heavy (non-hydrogen) atoms. The molecule has 2 amide bonds. The monoisotopic (exact) mass is 330 g/mol. The van der Waals surface area contributed by atoms with E-state index in [-0.39, 0.29) is 23.8 Å². The lowest BCUT2D eigenvalue weighted by Gasteiger charge is -2.36. The Morgan fingerprint density at radius 2 is 1.75 bits per heavy atom. The van der Waals surface area contributed by atoms with Crippen molar-refractivity contribution in [1.29, 1.82) is 0 Å². The lowest BCUT2D eigenvalue weighted by Crippen LogP contribution is -2.54. The van der Waals surface area contributed by atoms with Gasteiger partial charge in [0.1, 0.15) is 6.04 Å². The maximum absolute atomic E-state index is 12.7. The molecule has 0 bridgehead atoms. The fourth-order valence-electron chi connectivity index (χ4n) is 3.41. The van der Waals surface area contributed by atoms with Crippen molar-refractivity contribution in [3.8, 4) is 0 Å². The quantitative estimate of drug-likeness (QED) is 0.869. The lowest BCUT2D eigenvalue weighted by atomic mass is 9.78. The molecule has 0 saturated heterocycles. The molecule has 4 nitrogen and oxygen atoms in total. The van der Waals surface area contributed by atoms with Crippen LogP contribution >= 0.6 is 0 Å². The van der Waals surface area contributed by atoms with Crippen LogP contribution < -0.4 is 10.6 Å². The van der Waals surface area contributed by atoms with Gasteiger partial charge in [-0.3, -0.25) is 9.59 Å². The number of carbonyl (C=O) groups is 2. The van der Waals surface area contributed by atoms with E-state index in [1.807, 2.05) is 32.0 Å². The van der Waals surface area contributed by atoms with Gasteiger partial charge in [-0.05, 0) is 36.3 Å². The van der Waals surface area contributed by atoms with Crippen molar-refractivity contribution >= 4 is 11.8 Å². The van der Waals surface area contributed by atoms with Gasteiger partial charge >= 0.3 is 0 Å². The van der Waals surface area contributed by atoms with Crippen LogP contribution in [0.25, 0.3) is 0 Å². The second-order valence-electron chi connectivity index (χ2n) is 7.44. The van der Waals surface area contributed by atoms with Crippen LogP contribution in [0.15, 0.2) is 30.3 Å². The minimum absolute atomic E-state index is 0.0361. The number of nitrogens with one attached hydrogen (secondary N) is 2. The number of carbonyl (C=O) groups excluding carboxylic acids is 2. The van der Waals surface area contributed by atoms with Crippen LogP contribution in [-0.2, 0) is 4.79 Å². The van der Waals surface area contributed by atoms with Crippen LogP contribution in [0.2, 0.25) is 0 Å². The predicted molar refractivity (Wildman–Crippen MR) is 96.6 cm³/mol. The van der Waals surface area contributed by atoms with Crippen LogP contribution in [0.4, 0.5) is 0 Å². The van der Waals surface area contributed by atoms with Crippen LogP contribution in [0.5, 0.6) is 0 Å². The zero-order valence-electron chi connectivity index (χ0n) is 15.2. The highest BCUT2D eigenvalue weighted by Gasteiger charge is 2.31. The summed E-state index contributed by atoms with van der Waals surface area (Å²) in [4.78, 5) is 25.1. The molecular formula is C20H30N2O2. The lowest BCUT2D eigenvalue weighted by molar-refractivity contribution is -0.125. The molecular weight excluding hydrogens is 300 g/mol. The number of amides is 2. The van der Waals surface area contributed by atoms with E-state index in [1.54, 1.807) is 12.1 Å². The van der Waals surface area contributed by atoms with Gasteiger partial charge in [0.15, 0.2) is 0 Å². The molecule has 1 aliphatic carbocycles. The number of benzene rings is 1. The summed E-state index contributed by atoms with van der Waals surface area (Å²) >= 11 is 0. The molecule has 4 atom stereocenters. The average Bonchev–Trinajstić information content (AvgIpc) is 2.57.